The van der Waals surface area contributed by atoms with Crippen LogP contribution in [0.5, 0.6) is 0 Å². The zero-order valence-electron chi connectivity index (χ0n) is 20.1. The van der Waals surface area contributed by atoms with Crippen LogP contribution in [0.1, 0.15) is 34.0 Å². The summed E-state index contributed by atoms with van der Waals surface area (Å²) in [5, 5.41) is 8.86. The van der Waals surface area contributed by atoms with E-state index < -0.39 is 11.0 Å². The van der Waals surface area contributed by atoms with Crippen molar-refractivity contribution in [1.29, 1.82) is 5.26 Å². The molecule has 6 heteroatoms. The molecule has 0 fully saturated rings. The fourth-order valence-corrected chi connectivity index (χ4v) is 4.96. The molecule has 180 valence electrons. The van der Waals surface area contributed by atoms with Crippen LogP contribution in [0, 0.1) is 11.5 Å². The Kier molecular flexibility index (Phi) is 8.28. The summed E-state index contributed by atoms with van der Waals surface area (Å²) in [6.07, 6.45) is 2.53. The maximum atomic E-state index is 13.7. The van der Waals surface area contributed by atoms with Crippen LogP contribution in [0.2, 0.25) is 0 Å². The van der Waals surface area contributed by atoms with Crippen molar-refractivity contribution in [2.75, 3.05) is 0 Å². The molecule has 1 atom stereocenters. The van der Waals surface area contributed by atoms with Crippen LogP contribution in [0.25, 0.3) is 11.1 Å². The third kappa shape index (κ3) is 5.88. The lowest BCUT2D eigenvalue weighted by Gasteiger charge is -2.24. The summed E-state index contributed by atoms with van der Waals surface area (Å²) in [5.74, 6) is 0.00343. The fraction of sp³-hybridized carbons (Fsp3) is 0.133. The van der Waals surface area contributed by atoms with Gasteiger partial charge < -0.3 is 4.90 Å². The van der Waals surface area contributed by atoms with Gasteiger partial charge in [-0.25, -0.2) is 8.93 Å². The maximum Gasteiger partial charge on any atom is 0.254 e. The Labute approximate surface area is 214 Å². The number of hydrogen-bond acceptors (Lipinski definition) is 3. The van der Waals surface area contributed by atoms with E-state index in [1.54, 1.807) is 18.3 Å². The van der Waals surface area contributed by atoms with Gasteiger partial charge in [-0.05, 0) is 46.4 Å². The van der Waals surface area contributed by atoms with Gasteiger partial charge in [0.25, 0.3) is 5.91 Å². The van der Waals surface area contributed by atoms with E-state index in [2.05, 4.69) is 11.6 Å². The second-order valence-corrected chi connectivity index (χ2v) is 9.51. The molecule has 0 saturated carbocycles. The van der Waals surface area contributed by atoms with Crippen LogP contribution in [-0.2, 0) is 30.5 Å². The lowest BCUT2D eigenvalue weighted by atomic mass is 10.0. The number of benzene rings is 4. The SMILES string of the molecule is CCc1ccccc1C(=O)N(Cc1ccccc1)Cc1ccc(-c2ccccc2S(=O)NC#N)cc1. The Morgan fingerprint density at radius 3 is 2.14 bits per heavy atom. The Hall–Kier alpha value is -4.21. The van der Waals surface area contributed by atoms with Gasteiger partial charge in [0.1, 0.15) is 0 Å². The summed E-state index contributed by atoms with van der Waals surface area (Å²) in [7, 11) is -1.63. The van der Waals surface area contributed by atoms with Crippen LogP contribution in [-0.4, -0.2) is 15.0 Å². The molecule has 0 saturated heterocycles. The second-order valence-electron chi connectivity index (χ2n) is 8.33. The van der Waals surface area contributed by atoms with Crippen LogP contribution in [0.4, 0.5) is 0 Å². The molecule has 1 unspecified atom stereocenters. The van der Waals surface area contributed by atoms with Crippen molar-refractivity contribution in [2.45, 2.75) is 31.3 Å². The van der Waals surface area contributed by atoms with Crippen LogP contribution in [0.15, 0.2) is 108 Å². The van der Waals surface area contributed by atoms with Gasteiger partial charge in [-0.2, -0.15) is 5.26 Å². The normalized spacial score (nSPS) is 11.3. The summed E-state index contributed by atoms with van der Waals surface area (Å²) in [6, 6.07) is 33.0. The Balaban J connectivity index is 1.62. The molecule has 0 aliphatic heterocycles. The van der Waals surface area contributed by atoms with Crippen molar-refractivity contribution in [3.63, 3.8) is 0 Å². The molecule has 4 aromatic rings. The van der Waals surface area contributed by atoms with Gasteiger partial charge in [-0.15, -0.1) is 0 Å². The van der Waals surface area contributed by atoms with Gasteiger partial charge in [0.2, 0.25) is 0 Å². The van der Waals surface area contributed by atoms with Crippen molar-refractivity contribution in [2.24, 2.45) is 0 Å². The zero-order valence-corrected chi connectivity index (χ0v) is 20.9. The maximum absolute atomic E-state index is 13.7. The first kappa shape index (κ1) is 24.9. The Morgan fingerprint density at radius 1 is 0.833 bits per heavy atom. The van der Waals surface area contributed by atoms with E-state index in [9.17, 15) is 9.00 Å². The average Bonchev–Trinajstić information content (AvgIpc) is 2.93. The quantitative estimate of drug-likeness (QED) is 0.235. The largest absolute Gasteiger partial charge is 0.330 e. The first-order chi connectivity index (χ1) is 17.6. The zero-order chi connectivity index (χ0) is 25.3. The molecule has 0 aliphatic rings. The first-order valence-corrected chi connectivity index (χ1v) is 12.9. The molecule has 1 amide bonds. The average molecular weight is 494 g/mol. The van der Waals surface area contributed by atoms with E-state index in [1.807, 2.05) is 95.9 Å². The van der Waals surface area contributed by atoms with Crippen molar-refractivity contribution in [3.05, 3.63) is 125 Å². The van der Waals surface area contributed by atoms with Crippen LogP contribution in [0.3, 0.4) is 0 Å². The molecule has 0 bridgehead atoms. The highest BCUT2D eigenvalue weighted by Gasteiger charge is 2.19. The molecular weight excluding hydrogens is 466 g/mol. The van der Waals surface area contributed by atoms with E-state index in [0.29, 0.717) is 18.0 Å². The van der Waals surface area contributed by atoms with Gasteiger partial charge in [0.15, 0.2) is 17.2 Å². The van der Waals surface area contributed by atoms with E-state index in [-0.39, 0.29) is 5.91 Å². The molecule has 0 aromatic heterocycles. The van der Waals surface area contributed by atoms with Gasteiger partial charge in [0, 0.05) is 18.7 Å². The Bertz CT molecular complexity index is 1400. The number of hydrogen-bond donors (Lipinski definition) is 1. The predicted molar refractivity (Wildman–Crippen MR) is 143 cm³/mol. The number of nitriles is 1. The molecular formula is C30H27N3O2S. The minimum absolute atomic E-state index is 0.00343. The third-order valence-electron chi connectivity index (χ3n) is 6.00. The molecule has 0 spiro atoms. The van der Waals surface area contributed by atoms with Gasteiger partial charge in [-0.1, -0.05) is 97.9 Å². The van der Waals surface area contributed by atoms with E-state index in [4.69, 9.17) is 5.26 Å². The number of nitrogens with one attached hydrogen (secondary N) is 1. The summed E-state index contributed by atoms with van der Waals surface area (Å²) in [5.41, 5.74) is 5.50. The number of amides is 1. The summed E-state index contributed by atoms with van der Waals surface area (Å²) < 4.78 is 14.7. The summed E-state index contributed by atoms with van der Waals surface area (Å²) >= 11 is 0. The highest BCUT2D eigenvalue weighted by molar-refractivity contribution is 7.83. The van der Waals surface area contributed by atoms with Crippen LogP contribution < -0.4 is 4.72 Å². The molecule has 1 N–H and O–H groups in total. The highest BCUT2D eigenvalue weighted by Crippen LogP contribution is 2.27. The highest BCUT2D eigenvalue weighted by atomic mass is 32.2. The second kappa shape index (κ2) is 12.0. The Morgan fingerprint density at radius 2 is 1.44 bits per heavy atom. The van der Waals surface area contributed by atoms with Gasteiger partial charge in [-0.3, -0.25) is 4.79 Å². The molecule has 0 aliphatic carbocycles. The molecule has 36 heavy (non-hydrogen) atoms. The number of carbonyl (C=O) groups excluding carboxylic acids is 1. The monoisotopic (exact) mass is 493 g/mol. The van der Waals surface area contributed by atoms with E-state index in [1.165, 1.54) is 0 Å². The molecule has 5 nitrogen and oxygen atoms in total. The predicted octanol–water partition coefficient (Wildman–Crippen LogP) is 5.85. The lowest BCUT2D eigenvalue weighted by molar-refractivity contribution is 0.0729. The fourth-order valence-electron chi connectivity index (χ4n) is 4.18. The molecule has 4 aromatic carbocycles. The number of carbonyl (C=O) groups is 1. The minimum Gasteiger partial charge on any atom is -0.330 e. The van der Waals surface area contributed by atoms with E-state index >= 15 is 0 Å². The molecule has 0 heterocycles. The first-order valence-electron chi connectivity index (χ1n) is 11.8. The van der Waals surface area contributed by atoms with Crippen molar-refractivity contribution < 1.29 is 9.00 Å². The van der Waals surface area contributed by atoms with Crippen molar-refractivity contribution in [1.82, 2.24) is 9.62 Å². The number of rotatable bonds is 9. The topological polar surface area (TPSA) is 73.2 Å². The minimum atomic E-state index is -1.63. The molecule has 4 rings (SSSR count). The standard InChI is InChI=1S/C30H27N3O2S/c1-2-25-12-6-7-14-28(25)30(34)33(20-23-10-4-3-5-11-23)21-24-16-18-26(19-17-24)27-13-8-9-15-29(27)36(35)32-22-31/h3-19,32H,2,20-21H2,1H3. The van der Waals surface area contributed by atoms with Crippen molar-refractivity contribution in [3.8, 4) is 17.3 Å². The van der Waals surface area contributed by atoms with Crippen LogP contribution >= 0.6 is 0 Å². The third-order valence-corrected chi connectivity index (χ3v) is 7.03. The smallest absolute Gasteiger partial charge is 0.254 e. The number of nitrogens with zero attached hydrogens (tertiary/aromatic N) is 2. The lowest BCUT2D eigenvalue weighted by Crippen LogP contribution is -2.30. The summed E-state index contributed by atoms with van der Waals surface area (Å²) in [4.78, 5) is 16.1. The summed E-state index contributed by atoms with van der Waals surface area (Å²) in [6.45, 7) is 3.01. The van der Waals surface area contributed by atoms with Crippen molar-refractivity contribution >= 4 is 16.9 Å². The van der Waals surface area contributed by atoms with E-state index in [0.717, 1.165) is 39.8 Å². The van der Waals surface area contributed by atoms with Gasteiger partial charge in [0.05, 0.1) is 4.90 Å². The molecule has 0 radical (unpaired) electrons. The number of aryl methyl sites for hydroxylation is 1. The van der Waals surface area contributed by atoms with Gasteiger partial charge >= 0.3 is 0 Å².